The van der Waals surface area contributed by atoms with Crippen LogP contribution in [0.4, 0.5) is 0 Å². The van der Waals surface area contributed by atoms with Crippen LogP contribution in [0.5, 0.6) is 5.75 Å². The predicted octanol–water partition coefficient (Wildman–Crippen LogP) is 2.75. The van der Waals surface area contributed by atoms with Crippen LogP contribution in [-0.4, -0.2) is 24.5 Å². The summed E-state index contributed by atoms with van der Waals surface area (Å²) < 4.78 is 6.59. The summed E-state index contributed by atoms with van der Waals surface area (Å²) in [5.41, 5.74) is 1.08. The maximum absolute atomic E-state index is 11.4. The van der Waals surface area contributed by atoms with Crippen LogP contribution < -0.4 is 4.74 Å². The Hall–Kier alpha value is -1.03. The minimum Gasteiger partial charge on any atom is -0.493 e. The van der Waals surface area contributed by atoms with Crippen molar-refractivity contribution in [1.29, 1.82) is 0 Å². The van der Waals surface area contributed by atoms with Gasteiger partial charge in [-0.1, -0.05) is 15.9 Å². The molecule has 0 bridgehead atoms. The number of fused-ring (bicyclic) bond motifs is 1. The van der Waals surface area contributed by atoms with E-state index in [1.165, 1.54) is 0 Å². The zero-order valence-corrected chi connectivity index (χ0v) is 11.0. The van der Waals surface area contributed by atoms with E-state index >= 15 is 0 Å². The van der Waals surface area contributed by atoms with Gasteiger partial charge < -0.3 is 9.64 Å². The largest absolute Gasteiger partial charge is 0.493 e. The Labute approximate surface area is 104 Å². The lowest BCUT2D eigenvalue weighted by molar-refractivity contribution is -0.130. The second kappa shape index (κ2) is 4.45. The maximum Gasteiger partial charge on any atom is 0.219 e. The Balaban J connectivity index is 2.38. The molecule has 1 atom stereocenters. The number of amides is 1. The van der Waals surface area contributed by atoms with Crippen LogP contribution in [0, 0.1) is 0 Å². The summed E-state index contributed by atoms with van der Waals surface area (Å²) in [6.45, 7) is 2.25. The molecule has 86 valence electrons. The van der Waals surface area contributed by atoms with Crippen molar-refractivity contribution < 1.29 is 9.53 Å². The molecular weight excluding hydrogens is 270 g/mol. The molecule has 1 aromatic rings. The van der Waals surface area contributed by atoms with Crippen LogP contribution in [0.1, 0.15) is 24.9 Å². The molecule has 0 spiro atoms. The first-order valence-electron chi connectivity index (χ1n) is 5.25. The topological polar surface area (TPSA) is 29.5 Å². The summed E-state index contributed by atoms with van der Waals surface area (Å²) in [7, 11) is 1.84. The third kappa shape index (κ3) is 2.07. The molecule has 16 heavy (non-hydrogen) atoms. The van der Waals surface area contributed by atoms with Crippen molar-refractivity contribution in [3.05, 3.63) is 28.2 Å². The molecule has 0 saturated carbocycles. The van der Waals surface area contributed by atoms with Crippen LogP contribution in [0.3, 0.4) is 0 Å². The summed E-state index contributed by atoms with van der Waals surface area (Å²) >= 11 is 3.45. The van der Waals surface area contributed by atoms with Crippen LogP contribution in [0.2, 0.25) is 0 Å². The molecule has 3 nitrogen and oxygen atoms in total. The molecule has 0 radical (unpaired) electrons. The SMILES string of the molecule is CC(=O)N(C)[C@H]1CCOc2ccc(Br)cc21. The Kier molecular flexibility index (Phi) is 3.19. The van der Waals surface area contributed by atoms with E-state index in [2.05, 4.69) is 15.9 Å². The molecule has 2 rings (SSSR count). The second-order valence-corrected chi connectivity index (χ2v) is 4.88. The van der Waals surface area contributed by atoms with E-state index in [9.17, 15) is 4.79 Å². The molecular formula is C12H14BrNO2. The first-order chi connectivity index (χ1) is 7.59. The van der Waals surface area contributed by atoms with Crippen LogP contribution >= 0.6 is 15.9 Å². The number of carbonyl (C=O) groups excluding carboxylic acids is 1. The van der Waals surface area contributed by atoms with Gasteiger partial charge in [0.2, 0.25) is 5.91 Å². The third-order valence-electron chi connectivity index (χ3n) is 2.94. The number of nitrogens with zero attached hydrogens (tertiary/aromatic N) is 1. The minimum atomic E-state index is 0.0813. The standard InChI is InChI=1S/C12H14BrNO2/c1-8(15)14(2)11-5-6-16-12-4-3-9(13)7-10(11)12/h3-4,7,11H,5-6H2,1-2H3/t11-/m0/s1. The van der Waals surface area contributed by atoms with Crippen molar-refractivity contribution >= 4 is 21.8 Å². The lowest BCUT2D eigenvalue weighted by Crippen LogP contribution is -2.32. The van der Waals surface area contributed by atoms with E-state index in [1.54, 1.807) is 11.8 Å². The first kappa shape index (κ1) is 11.5. The Morgan fingerprint density at radius 2 is 2.31 bits per heavy atom. The van der Waals surface area contributed by atoms with Crippen molar-refractivity contribution in [3.8, 4) is 5.75 Å². The van der Waals surface area contributed by atoms with Crippen molar-refractivity contribution in [1.82, 2.24) is 4.90 Å². The van der Waals surface area contributed by atoms with E-state index < -0.39 is 0 Å². The highest BCUT2D eigenvalue weighted by atomic mass is 79.9. The lowest BCUT2D eigenvalue weighted by atomic mass is 9.99. The van der Waals surface area contributed by atoms with Gasteiger partial charge in [-0.15, -0.1) is 0 Å². The smallest absolute Gasteiger partial charge is 0.219 e. The normalized spacial score (nSPS) is 18.6. The van der Waals surface area contributed by atoms with Gasteiger partial charge in [0.1, 0.15) is 5.75 Å². The van der Waals surface area contributed by atoms with Crippen LogP contribution in [0.15, 0.2) is 22.7 Å². The van der Waals surface area contributed by atoms with E-state index in [-0.39, 0.29) is 11.9 Å². The quantitative estimate of drug-likeness (QED) is 0.793. The summed E-state index contributed by atoms with van der Waals surface area (Å²) in [4.78, 5) is 13.2. The van der Waals surface area contributed by atoms with Gasteiger partial charge in [0, 0.05) is 30.4 Å². The van der Waals surface area contributed by atoms with Gasteiger partial charge in [0.05, 0.1) is 12.6 Å². The third-order valence-corrected chi connectivity index (χ3v) is 3.44. The predicted molar refractivity (Wildman–Crippen MR) is 65.4 cm³/mol. The van der Waals surface area contributed by atoms with Gasteiger partial charge in [-0.25, -0.2) is 0 Å². The molecule has 0 aliphatic carbocycles. The summed E-state index contributed by atoms with van der Waals surface area (Å²) in [5.74, 6) is 0.963. The zero-order valence-electron chi connectivity index (χ0n) is 9.37. The highest BCUT2D eigenvalue weighted by molar-refractivity contribution is 9.10. The van der Waals surface area contributed by atoms with Crippen LogP contribution in [0.25, 0.3) is 0 Å². The average molecular weight is 284 g/mol. The first-order valence-corrected chi connectivity index (χ1v) is 6.04. The molecule has 0 N–H and O–H groups in total. The Bertz CT molecular complexity index is 419. The maximum atomic E-state index is 11.4. The molecule has 1 aliphatic rings. The number of benzene rings is 1. The van der Waals surface area contributed by atoms with Gasteiger partial charge in [-0.3, -0.25) is 4.79 Å². The van der Waals surface area contributed by atoms with Crippen molar-refractivity contribution in [2.45, 2.75) is 19.4 Å². The highest BCUT2D eigenvalue weighted by Crippen LogP contribution is 2.36. The molecule has 4 heteroatoms. The number of hydrogen-bond donors (Lipinski definition) is 0. The summed E-state index contributed by atoms with van der Waals surface area (Å²) in [5, 5.41) is 0. The fraction of sp³-hybridized carbons (Fsp3) is 0.417. The van der Waals surface area contributed by atoms with Gasteiger partial charge in [-0.05, 0) is 18.2 Å². The monoisotopic (exact) mass is 283 g/mol. The van der Waals surface area contributed by atoms with Gasteiger partial charge in [0.15, 0.2) is 0 Å². The number of carbonyl (C=O) groups is 1. The molecule has 0 aromatic heterocycles. The lowest BCUT2D eigenvalue weighted by Gasteiger charge is -2.32. The van der Waals surface area contributed by atoms with Crippen molar-refractivity contribution in [3.63, 3.8) is 0 Å². The number of ether oxygens (including phenoxy) is 1. The highest BCUT2D eigenvalue weighted by Gasteiger charge is 2.26. The van der Waals surface area contributed by atoms with Crippen molar-refractivity contribution in [2.24, 2.45) is 0 Å². The average Bonchev–Trinajstić information content (AvgIpc) is 2.27. The molecule has 0 fully saturated rings. The summed E-state index contributed by atoms with van der Waals surface area (Å²) in [6.07, 6.45) is 0.847. The number of rotatable bonds is 1. The van der Waals surface area contributed by atoms with Crippen LogP contribution in [-0.2, 0) is 4.79 Å². The number of hydrogen-bond acceptors (Lipinski definition) is 2. The Morgan fingerprint density at radius 1 is 1.56 bits per heavy atom. The molecule has 1 aromatic carbocycles. The fourth-order valence-electron chi connectivity index (χ4n) is 1.97. The molecule has 0 unspecified atom stereocenters. The summed E-state index contributed by atoms with van der Waals surface area (Å²) in [6, 6.07) is 6.05. The van der Waals surface area contributed by atoms with E-state index in [0.29, 0.717) is 6.61 Å². The Morgan fingerprint density at radius 3 is 3.00 bits per heavy atom. The fourth-order valence-corrected chi connectivity index (χ4v) is 2.35. The molecule has 1 amide bonds. The van der Waals surface area contributed by atoms with Gasteiger partial charge >= 0.3 is 0 Å². The molecule has 1 heterocycles. The van der Waals surface area contributed by atoms with Gasteiger partial charge in [-0.2, -0.15) is 0 Å². The van der Waals surface area contributed by atoms with E-state index in [1.807, 2.05) is 25.2 Å². The van der Waals surface area contributed by atoms with E-state index in [4.69, 9.17) is 4.74 Å². The second-order valence-electron chi connectivity index (χ2n) is 3.97. The molecule has 1 aliphatic heterocycles. The van der Waals surface area contributed by atoms with Crippen molar-refractivity contribution in [2.75, 3.05) is 13.7 Å². The van der Waals surface area contributed by atoms with Gasteiger partial charge in [0.25, 0.3) is 0 Å². The minimum absolute atomic E-state index is 0.0813. The zero-order chi connectivity index (χ0) is 11.7. The number of halogens is 1. The molecule has 0 saturated heterocycles. The van der Waals surface area contributed by atoms with E-state index in [0.717, 1.165) is 22.2 Å².